The van der Waals surface area contributed by atoms with Crippen LogP contribution >= 0.6 is 12.4 Å². The van der Waals surface area contributed by atoms with Crippen LogP contribution in [0.15, 0.2) is 67.0 Å². The number of anilines is 1. The molecule has 0 aliphatic rings. The number of nitrogens with one attached hydrogen (secondary N) is 3. The fraction of sp³-hybridized carbons (Fsp3) is 0.240. The van der Waals surface area contributed by atoms with E-state index in [1.54, 1.807) is 30.5 Å². The fourth-order valence-corrected chi connectivity index (χ4v) is 4.38. The Morgan fingerprint density at radius 2 is 1.97 bits per heavy atom. The summed E-state index contributed by atoms with van der Waals surface area (Å²) in [5.41, 5.74) is 5.30. The molecule has 0 saturated heterocycles. The van der Waals surface area contributed by atoms with Gasteiger partial charge in [-0.15, -0.1) is 12.4 Å². The van der Waals surface area contributed by atoms with Crippen molar-refractivity contribution in [2.75, 3.05) is 30.7 Å². The standard InChI is InChI=1S/C25H28N4O4S.ClH/c1-17-22-9-8-21(14-23(22)28-25(17)19-6-4-10-26-15-19)33-12-11-27-16-24(30)18-5-3-7-20(13-18)29-34(2,31)32;/h3-10,13-15,24,27-30H,11-12,16H2,1-2H3;1H/t24-;/m0./s1. The Hall–Kier alpha value is -3.11. The van der Waals surface area contributed by atoms with Crippen LogP contribution in [-0.4, -0.2) is 49.4 Å². The van der Waals surface area contributed by atoms with Gasteiger partial charge < -0.3 is 20.1 Å². The van der Waals surface area contributed by atoms with Gasteiger partial charge in [-0.1, -0.05) is 12.1 Å². The Kier molecular flexibility index (Phi) is 8.74. The molecule has 10 heteroatoms. The number of pyridine rings is 1. The van der Waals surface area contributed by atoms with Gasteiger partial charge in [-0.05, 0) is 54.4 Å². The summed E-state index contributed by atoms with van der Waals surface area (Å²) in [4.78, 5) is 7.66. The molecular formula is C25H29ClN4O4S. The summed E-state index contributed by atoms with van der Waals surface area (Å²) in [5.74, 6) is 0.758. The zero-order valence-electron chi connectivity index (χ0n) is 19.5. The lowest BCUT2D eigenvalue weighted by atomic mass is 10.1. The van der Waals surface area contributed by atoms with E-state index < -0.39 is 16.1 Å². The number of H-pyrrole nitrogens is 1. The molecule has 4 aromatic rings. The number of benzene rings is 2. The maximum absolute atomic E-state index is 11.4. The van der Waals surface area contributed by atoms with E-state index in [0.717, 1.165) is 34.2 Å². The van der Waals surface area contributed by atoms with E-state index in [1.165, 1.54) is 5.56 Å². The van der Waals surface area contributed by atoms with Crippen LogP contribution in [0.1, 0.15) is 17.2 Å². The first-order valence-electron chi connectivity index (χ1n) is 10.9. The molecule has 8 nitrogen and oxygen atoms in total. The van der Waals surface area contributed by atoms with E-state index in [2.05, 4.69) is 26.9 Å². The van der Waals surface area contributed by atoms with Crippen molar-refractivity contribution in [1.82, 2.24) is 15.3 Å². The van der Waals surface area contributed by atoms with Gasteiger partial charge in [0.2, 0.25) is 10.0 Å². The zero-order valence-corrected chi connectivity index (χ0v) is 21.1. The highest BCUT2D eigenvalue weighted by molar-refractivity contribution is 7.92. The Morgan fingerprint density at radius 1 is 1.14 bits per heavy atom. The molecule has 0 aliphatic heterocycles. The van der Waals surface area contributed by atoms with Gasteiger partial charge in [-0.3, -0.25) is 9.71 Å². The van der Waals surface area contributed by atoms with E-state index >= 15 is 0 Å². The molecular weight excluding hydrogens is 488 g/mol. The number of aliphatic hydroxyl groups excluding tert-OH is 1. The van der Waals surface area contributed by atoms with Gasteiger partial charge in [0.25, 0.3) is 0 Å². The van der Waals surface area contributed by atoms with Crippen molar-refractivity contribution in [2.24, 2.45) is 0 Å². The van der Waals surface area contributed by atoms with Crippen molar-refractivity contribution in [3.05, 3.63) is 78.1 Å². The minimum absolute atomic E-state index is 0. The largest absolute Gasteiger partial charge is 0.492 e. The van der Waals surface area contributed by atoms with Crippen LogP contribution in [0.25, 0.3) is 22.2 Å². The monoisotopic (exact) mass is 516 g/mol. The number of hydrogen-bond acceptors (Lipinski definition) is 6. The third kappa shape index (κ3) is 6.95. The lowest BCUT2D eigenvalue weighted by Crippen LogP contribution is -2.26. The minimum atomic E-state index is -3.37. The first kappa shape index (κ1) is 26.5. The molecule has 4 rings (SSSR count). The highest BCUT2D eigenvalue weighted by Crippen LogP contribution is 2.31. The van der Waals surface area contributed by atoms with Gasteiger partial charge in [-0.25, -0.2) is 8.42 Å². The quantitative estimate of drug-likeness (QED) is 0.236. The Balaban J connectivity index is 0.00000342. The summed E-state index contributed by atoms with van der Waals surface area (Å²) in [6, 6.07) is 16.6. The van der Waals surface area contributed by atoms with Gasteiger partial charge in [0.15, 0.2) is 0 Å². The number of aryl methyl sites for hydroxylation is 1. The van der Waals surface area contributed by atoms with E-state index in [-0.39, 0.29) is 12.4 Å². The number of hydrogen-bond donors (Lipinski definition) is 4. The Bertz CT molecular complexity index is 1380. The molecule has 0 aliphatic carbocycles. The molecule has 2 heterocycles. The average Bonchev–Trinajstić information content (AvgIpc) is 3.14. The molecule has 35 heavy (non-hydrogen) atoms. The van der Waals surface area contributed by atoms with Gasteiger partial charge in [0.1, 0.15) is 12.4 Å². The summed E-state index contributed by atoms with van der Waals surface area (Å²) >= 11 is 0. The van der Waals surface area contributed by atoms with Crippen LogP contribution in [0, 0.1) is 6.92 Å². The first-order chi connectivity index (χ1) is 16.3. The van der Waals surface area contributed by atoms with Crippen molar-refractivity contribution < 1.29 is 18.3 Å². The van der Waals surface area contributed by atoms with E-state index in [0.29, 0.717) is 30.9 Å². The molecule has 0 bridgehead atoms. The van der Waals surface area contributed by atoms with Crippen molar-refractivity contribution in [2.45, 2.75) is 13.0 Å². The van der Waals surface area contributed by atoms with Crippen LogP contribution in [0.5, 0.6) is 5.75 Å². The van der Waals surface area contributed by atoms with Crippen molar-refractivity contribution >= 4 is 39.0 Å². The highest BCUT2D eigenvalue weighted by Gasteiger charge is 2.11. The molecule has 1 atom stereocenters. The fourth-order valence-electron chi connectivity index (χ4n) is 3.83. The first-order valence-corrected chi connectivity index (χ1v) is 12.8. The van der Waals surface area contributed by atoms with Crippen LogP contribution < -0.4 is 14.8 Å². The van der Waals surface area contributed by atoms with Crippen molar-refractivity contribution in [3.8, 4) is 17.0 Å². The SMILES string of the molecule is Cc1c(-c2cccnc2)[nH]c2cc(OCCNC[C@H](O)c3cccc(NS(C)(=O)=O)c3)ccc12.Cl. The zero-order chi connectivity index (χ0) is 24.1. The van der Waals surface area contributed by atoms with Crippen molar-refractivity contribution in [3.63, 3.8) is 0 Å². The molecule has 2 aromatic carbocycles. The summed E-state index contributed by atoms with van der Waals surface area (Å²) in [6.45, 7) is 3.38. The van der Waals surface area contributed by atoms with Gasteiger partial charge >= 0.3 is 0 Å². The number of sulfonamides is 1. The lowest BCUT2D eigenvalue weighted by molar-refractivity contribution is 0.172. The summed E-state index contributed by atoms with van der Waals surface area (Å²) in [6.07, 6.45) is 3.92. The number of rotatable bonds is 10. The second-order valence-electron chi connectivity index (χ2n) is 8.14. The molecule has 2 aromatic heterocycles. The molecule has 0 saturated carbocycles. The maximum atomic E-state index is 11.4. The molecule has 4 N–H and O–H groups in total. The summed E-state index contributed by atoms with van der Waals surface area (Å²) in [5, 5.41) is 14.7. The van der Waals surface area contributed by atoms with Crippen LogP contribution in [0.4, 0.5) is 5.69 Å². The molecule has 0 spiro atoms. The third-order valence-corrected chi connectivity index (χ3v) is 6.05. The third-order valence-electron chi connectivity index (χ3n) is 5.44. The molecule has 0 amide bonds. The number of aromatic nitrogens is 2. The van der Waals surface area contributed by atoms with Gasteiger partial charge in [0.05, 0.1) is 18.1 Å². The normalized spacial score (nSPS) is 12.2. The predicted molar refractivity (Wildman–Crippen MR) is 142 cm³/mol. The molecule has 186 valence electrons. The average molecular weight is 517 g/mol. The smallest absolute Gasteiger partial charge is 0.229 e. The summed E-state index contributed by atoms with van der Waals surface area (Å²) in [7, 11) is -3.37. The van der Waals surface area contributed by atoms with E-state index in [9.17, 15) is 13.5 Å². The van der Waals surface area contributed by atoms with E-state index in [4.69, 9.17) is 4.74 Å². The second kappa shape index (κ2) is 11.5. The van der Waals surface area contributed by atoms with Crippen LogP contribution in [0.3, 0.4) is 0 Å². The number of ether oxygens (including phenoxy) is 1. The Morgan fingerprint density at radius 3 is 2.71 bits per heavy atom. The molecule has 0 fully saturated rings. The number of halogens is 1. The van der Waals surface area contributed by atoms with Crippen LogP contribution in [0.2, 0.25) is 0 Å². The van der Waals surface area contributed by atoms with E-state index in [1.807, 2.05) is 36.5 Å². The van der Waals surface area contributed by atoms with Crippen LogP contribution in [-0.2, 0) is 10.0 Å². The second-order valence-corrected chi connectivity index (χ2v) is 9.89. The molecule has 0 unspecified atom stereocenters. The predicted octanol–water partition coefficient (Wildman–Crippen LogP) is 4.03. The van der Waals surface area contributed by atoms with Gasteiger partial charge in [0, 0.05) is 53.7 Å². The van der Waals surface area contributed by atoms with Crippen molar-refractivity contribution in [1.29, 1.82) is 0 Å². The topological polar surface area (TPSA) is 116 Å². The Labute approximate surface area is 211 Å². The maximum Gasteiger partial charge on any atom is 0.229 e. The number of aliphatic hydroxyl groups is 1. The summed E-state index contributed by atoms with van der Waals surface area (Å²) < 4.78 is 31.1. The lowest BCUT2D eigenvalue weighted by Gasteiger charge is -2.14. The number of fused-ring (bicyclic) bond motifs is 1. The number of aromatic amines is 1. The van der Waals surface area contributed by atoms with Gasteiger partial charge in [-0.2, -0.15) is 0 Å². The molecule has 0 radical (unpaired) electrons. The highest BCUT2D eigenvalue weighted by atomic mass is 35.5. The number of nitrogens with zero attached hydrogens (tertiary/aromatic N) is 1. The minimum Gasteiger partial charge on any atom is -0.492 e.